The molecule has 0 radical (unpaired) electrons. The number of halogens is 2. The van der Waals surface area contributed by atoms with Gasteiger partial charge >= 0.3 is 6.01 Å². The average Bonchev–Trinajstić information content (AvgIpc) is 3.92. The number of aromatic hydroxyl groups is 1. The van der Waals surface area contributed by atoms with Crippen LogP contribution in [0.15, 0.2) is 30.3 Å². The maximum absolute atomic E-state index is 15.2. The van der Waals surface area contributed by atoms with E-state index in [2.05, 4.69) is 19.6 Å². The Balaban J connectivity index is 0.991. The van der Waals surface area contributed by atoms with Crippen LogP contribution in [0.1, 0.15) is 72.0 Å². The zero-order chi connectivity index (χ0) is 37.4. The number of carbonyl (C=O) groups excluding carboxylic acids is 1. The molecular weight excluding hydrogens is 705 g/mol. The summed E-state index contributed by atoms with van der Waals surface area (Å²) in [5.74, 6) is 0.693. The molecule has 2 aromatic carbocycles. The molecule has 1 amide bonds. The Labute approximate surface area is 319 Å². The Morgan fingerprint density at radius 2 is 1.91 bits per heavy atom. The molecule has 0 aliphatic carbocycles. The van der Waals surface area contributed by atoms with Gasteiger partial charge in [0, 0.05) is 87.5 Å². The van der Waals surface area contributed by atoms with Gasteiger partial charge in [-0.15, -0.1) is 0 Å². The lowest BCUT2D eigenvalue weighted by Crippen LogP contribution is -2.49. The van der Waals surface area contributed by atoms with E-state index in [9.17, 15) is 14.3 Å². The lowest BCUT2D eigenvalue weighted by molar-refractivity contribution is 0.0602. The number of phenols is 1. The van der Waals surface area contributed by atoms with Gasteiger partial charge in [0.25, 0.3) is 5.91 Å². The van der Waals surface area contributed by atoms with Gasteiger partial charge in [-0.25, -0.2) is 8.78 Å². The lowest BCUT2D eigenvalue weighted by Gasteiger charge is -2.35. The van der Waals surface area contributed by atoms with Gasteiger partial charge < -0.3 is 24.5 Å². The van der Waals surface area contributed by atoms with E-state index in [1.165, 1.54) is 6.07 Å². The van der Waals surface area contributed by atoms with E-state index in [1.807, 2.05) is 22.6 Å². The number of hydrogen-bond acceptors (Lipinski definition) is 10. The summed E-state index contributed by atoms with van der Waals surface area (Å²) in [5.41, 5.74) is 4.37. The smallest absolute Gasteiger partial charge is 0.318 e. The highest BCUT2D eigenvalue weighted by molar-refractivity contribution is 5.98. The summed E-state index contributed by atoms with van der Waals surface area (Å²) >= 11 is 0. The van der Waals surface area contributed by atoms with E-state index >= 15 is 4.39 Å². The summed E-state index contributed by atoms with van der Waals surface area (Å²) in [6.45, 7) is 10.2. The van der Waals surface area contributed by atoms with Crippen molar-refractivity contribution in [3.63, 3.8) is 0 Å². The van der Waals surface area contributed by atoms with Gasteiger partial charge in [0.05, 0.1) is 30.0 Å². The first-order valence-corrected chi connectivity index (χ1v) is 20.2. The van der Waals surface area contributed by atoms with Crippen LogP contribution in [0.5, 0.6) is 11.8 Å². The number of benzene rings is 2. The largest absolute Gasteiger partial charge is 0.508 e. The summed E-state index contributed by atoms with van der Waals surface area (Å²) in [6, 6.07) is 9.11. The zero-order valence-electron chi connectivity index (χ0n) is 31.5. The van der Waals surface area contributed by atoms with Crippen LogP contribution in [0, 0.1) is 5.82 Å². The number of phenolic OH excluding ortho intramolecular Hbond substituents is 1. The first-order chi connectivity index (χ1) is 26.7. The van der Waals surface area contributed by atoms with Crippen LogP contribution in [-0.4, -0.2) is 122 Å². The van der Waals surface area contributed by atoms with E-state index in [-0.39, 0.29) is 35.1 Å². The molecular formula is C41H49F2N9O3. The zero-order valence-corrected chi connectivity index (χ0v) is 31.5. The Kier molecular flexibility index (Phi) is 8.61. The van der Waals surface area contributed by atoms with Crippen molar-refractivity contribution in [2.75, 3.05) is 68.8 Å². The summed E-state index contributed by atoms with van der Waals surface area (Å²) in [6.07, 6.45) is 4.47. The van der Waals surface area contributed by atoms with Crippen LogP contribution >= 0.6 is 0 Å². The van der Waals surface area contributed by atoms with Crippen LogP contribution in [0.25, 0.3) is 10.8 Å². The minimum absolute atomic E-state index is 0.0159. The molecule has 2 bridgehead atoms. The number of nitrogens with zero attached hydrogens (tertiary/aromatic N) is 9. The SMILES string of the molecule is CCc1c(F)ccc2cc(O)cc(N3CCc4c(nc(OC[C@@]56CCCN5C[C@H](F)C6)nc4N4CCCn5nc(C(=O)N6CCN7CCC6C7)cc5C4)C3)c12. The quantitative estimate of drug-likeness (QED) is 0.286. The van der Waals surface area contributed by atoms with Crippen LogP contribution in [-0.2, 0) is 32.5 Å². The van der Waals surface area contributed by atoms with Crippen LogP contribution in [0.3, 0.4) is 0 Å². The number of alkyl halides is 1. The number of amides is 1. The molecule has 0 spiro atoms. The van der Waals surface area contributed by atoms with Crippen molar-refractivity contribution in [1.29, 1.82) is 0 Å². The summed E-state index contributed by atoms with van der Waals surface area (Å²) in [7, 11) is 0. The number of rotatable bonds is 7. The molecule has 6 aliphatic heterocycles. The standard InChI is InChI=1S/C41H49F2N9O3/c1-2-31-33(43)6-5-26-17-30(53)19-36(37(26)31)48-14-8-32-35(24-48)44-40(55-25-41-9-3-11-50(41)21-27(42)20-41)45-38(32)49-10-4-12-52-29(23-49)18-34(46-52)39(54)51-16-15-47-13-7-28(51)22-47/h5-6,17-19,27-28,53H,2-4,7-16,20-25H2,1H3/t27-,28?,41+/m1/s1. The number of aryl methyl sites for hydroxylation is 2. The summed E-state index contributed by atoms with van der Waals surface area (Å²) in [5, 5.41) is 17.2. The highest BCUT2D eigenvalue weighted by Crippen LogP contribution is 2.42. The van der Waals surface area contributed by atoms with Gasteiger partial charge in [0.2, 0.25) is 0 Å². The second kappa shape index (κ2) is 13.6. The lowest BCUT2D eigenvalue weighted by atomic mass is 9.95. The highest BCUT2D eigenvalue weighted by Gasteiger charge is 2.49. The van der Waals surface area contributed by atoms with Crippen LogP contribution in [0.4, 0.5) is 20.3 Å². The molecule has 4 saturated heterocycles. The molecule has 55 heavy (non-hydrogen) atoms. The number of carbonyl (C=O) groups is 1. The Hall–Kier alpha value is -4.56. The molecule has 10 rings (SSSR count). The minimum Gasteiger partial charge on any atom is -0.508 e. The third-order valence-corrected chi connectivity index (χ3v) is 13.2. The van der Waals surface area contributed by atoms with E-state index in [1.54, 1.807) is 18.2 Å². The van der Waals surface area contributed by atoms with E-state index in [0.717, 1.165) is 104 Å². The number of ether oxygens (including phenoxy) is 1. The molecule has 4 fully saturated rings. The molecule has 4 atom stereocenters. The van der Waals surface area contributed by atoms with Crippen molar-refractivity contribution in [2.24, 2.45) is 0 Å². The Bertz CT molecular complexity index is 2160. The van der Waals surface area contributed by atoms with Crippen LogP contribution in [0.2, 0.25) is 0 Å². The first kappa shape index (κ1) is 34.9. The van der Waals surface area contributed by atoms with Gasteiger partial charge in [-0.05, 0) is 74.2 Å². The number of hydrogen-bond donors (Lipinski definition) is 1. The molecule has 2 unspecified atom stereocenters. The Morgan fingerprint density at radius 1 is 1.00 bits per heavy atom. The van der Waals surface area contributed by atoms with E-state index in [4.69, 9.17) is 19.8 Å². The predicted molar refractivity (Wildman–Crippen MR) is 204 cm³/mol. The number of piperazine rings is 1. The predicted octanol–water partition coefficient (Wildman–Crippen LogP) is 4.69. The fourth-order valence-corrected chi connectivity index (χ4v) is 10.5. The van der Waals surface area contributed by atoms with Crippen molar-refractivity contribution in [3.8, 4) is 11.8 Å². The number of anilines is 2. The van der Waals surface area contributed by atoms with Crippen molar-refractivity contribution in [3.05, 3.63) is 64.4 Å². The van der Waals surface area contributed by atoms with Crippen molar-refractivity contribution < 1.29 is 23.4 Å². The van der Waals surface area contributed by atoms with Crippen molar-refractivity contribution in [2.45, 2.75) is 89.3 Å². The fourth-order valence-electron chi connectivity index (χ4n) is 10.5. The first-order valence-electron chi connectivity index (χ1n) is 20.2. The molecule has 14 heteroatoms. The fraction of sp³-hybridized carbons (Fsp3) is 0.561. The molecule has 2 aromatic heterocycles. The highest BCUT2D eigenvalue weighted by atomic mass is 19.1. The third-order valence-electron chi connectivity index (χ3n) is 13.2. The second-order valence-corrected chi connectivity index (χ2v) is 16.5. The van der Waals surface area contributed by atoms with Gasteiger partial charge in [-0.3, -0.25) is 19.3 Å². The van der Waals surface area contributed by atoms with Crippen molar-refractivity contribution in [1.82, 2.24) is 34.4 Å². The van der Waals surface area contributed by atoms with Gasteiger partial charge in [-0.2, -0.15) is 15.1 Å². The molecule has 0 saturated carbocycles. The minimum atomic E-state index is -0.867. The number of aromatic nitrogens is 4. The maximum Gasteiger partial charge on any atom is 0.318 e. The van der Waals surface area contributed by atoms with Gasteiger partial charge in [-0.1, -0.05) is 13.0 Å². The average molecular weight is 754 g/mol. The van der Waals surface area contributed by atoms with Gasteiger partial charge in [0.1, 0.15) is 30.2 Å². The number of fused-ring (bicyclic) bond motifs is 6. The van der Waals surface area contributed by atoms with E-state index < -0.39 is 6.17 Å². The van der Waals surface area contributed by atoms with E-state index in [0.29, 0.717) is 69.9 Å². The summed E-state index contributed by atoms with van der Waals surface area (Å²) < 4.78 is 38.4. The molecule has 1 N–H and O–H groups in total. The maximum atomic E-state index is 15.2. The topological polar surface area (TPSA) is 106 Å². The molecule has 12 nitrogen and oxygen atoms in total. The van der Waals surface area contributed by atoms with Crippen LogP contribution < -0.4 is 14.5 Å². The summed E-state index contributed by atoms with van der Waals surface area (Å²) in [4.78, 5) is 35.1. The third kappa shape index (κ3) is 6.07. The second-order valence-electron chi connectivity index (χ2n) is 16.5. The molecule has 6 aliphatic rings. The molecule has 290 valence electrons. The Morgan fingerprint density at radius 3 is 2.80 bits per heavy atom. The normalized spacial score (nSPS) is 26.3. The molecule has 8 heterocycles. The molecule has 4 aromatic rings. The monoisotopic (exact) mass is 753 g/mol. The van der Waals surface area contributed by atoms with Crippen molar-refractivity contribution >= 4 is 28.2 Å². The van der Waals surface area contributed by atoms with Gasteiger partial charge in [0.15, 0.2) is 5.69 Å².